The fourth-order valence-corrected chi connectivity index (χ4v) is 1.10. The molecule has 0 aromatic heterocycles. The van der Waals surface area contributed by atoms with Crippen LogP contribution >= 0.6 is 0 Å². The first kappa shape index (κ1) is 9.89. The van der Waals surface area contributed by atoms with Crippen molar-refractivity contribution < 1.29 is 9.53 Å². The lowest BCUT2D eigenvalue weighted by Gasteiger charge is -2.20. The molecular formula is C9H14N2O2. The molecule has 1 rings (SSSR count). The van der Waals surface area contributed by atoms with E-state index in [4.69, 9.17) is 4.74 Å². The predicted molar refractivity (Wildman–Crippen MR) is 48.3 cm³/mol. The van der Waals surface area contributed by atoms with E-state index in [9.17, 15) is 4.79 Å². The number of hydrogen-bond acceptors (Lipinski definition) is 4. The Morgan fingerprint density at radius 1 is 1.69 bits per heavy atom. The highest BCUT2D eigenvalue weighted by atomic mass is 16.5. The number of carbonyl (C=O) groups excluding carboxylic acids is 1. The number of nitrogens with zero attached hydrogens (tertiary/aromatic N) is 2. The molecule has 13 heavy (non-hydrogen) atoms. The summed E-state index contributed by atoms with van der Waals surface area (Å²) in [6, 6.07) is 0. The monoisotopic (exact) mass is 182 g/mol. The molecule has 1 aliphatic rings. The maximum Gasteiger partial charge on any atom is 0.302 e. The van der Waals surface area contributed by atoms with E-state index in [0.29, 0.717) is 13.0 Å². The first-order chi connectivity index (χ1) is 6.04. The fourth-order valence-electron chi connectivity index (χ4n) is 1.10. The van der Waals surface area contributed by atoms with E-state index in [1.165, 1.54) is 6.92 Å². The summed E-state index contributed by atoms with van der Waals surface area (Å²) in [6.07, 6.45) is 2.44. The molecule has 1 heterocycles. The molecule has 0 aromatic rings. The van der Waals surface area contributed by atoms with Gasteiger partial charge in [-0.15, -0.1) is 0 Å². The van der Waals surface area contributed by atoms with Crippen LogP contribution in [-0.4, -0.2) is 18.1 Å². The predicted octanol–water partition coefficient (Wildman–Crippen LogP) is 2.07. The molecule has 0 fully saturated rings. The molecule has 0 saturated heterocycles. The SMILES string of the molecule is CC(=O)OCCC1(C)N=NC=C1C. The maximum atomic E-state index is 10.5. The maximum absolute atomic E-state index is 10.5. The summed E-state index contributed by atoms with van der Waals surface area (Å²) < 4.78 is 4.85. The highest BCUT2D eigenvalue weighted by Crippen LogP contribution is 2.29. The van der Waals surface area contributed by atoms with Crippen LogP contribution < -0.4 is 0 Å². The summed E-state index contributed by atoms with van der Waals surface area (Å²) in [7, 11) is 0. The lowest BCUT2D eigenvalue weighted by Crippen LogP contribution is -2.23. The molecule has 0 aliphatic carbocycles. The molecule has 0 radical (unpaired) electrons. The van der Waals surface area contributed by atoms with Crippen LogP contribution in [0.2, 0.25) is 0 Å². The quantitative estimate of drug-likeness (QED) is 0.627. The van der Waals surface area contributed by atoms with Crippen LogP contribution in [0.4, 0.5) is 0 Å². The van der Waals surface area contributed by atoms with Gasteiger partial charge in [-0.2, -0.15) is 10.2 Å². The molecule has 1 atom stereocenters. The van der Waals surface area contributed by atoms with Gasteiger partial charge < -0.3 is 4.74 Å². The van der Waals surface area contributed by atoms with E-state index in [1.807, 2.05) is 13.8 Å². The standard InChI is InChI=1S/C9H14N2O2/c1-7-6-10-11-9(7,3)4-5-13-8(2)12/h6H,4-5H2,1-3H3. The highest BCUT2D eigenvalue weighted by molar-refractivity contribution is 5.65. The van der Waals surface area contributed by atoms with Crippen molar-refractivity contribution in [2.45, 2.75) is 32.7 Å². The van der Waals surface area contributed by atoms with Gasteiger partial charge in [-0.05, 0) is 19.4 Å². The number of ether oxygens (including phenoxy) is 1. The minimum atomic E-state index is -0.268. The molecule has 0 spiro atoms. The Bertz CT molecular complexity index is 271. The number of esters is 1. The van der Waals surface area contributed by atoms with Crippen LogP contribution in [0.3, 0.4) is 0 Å². The van der Waals surface area contributed by atoms with E-state index in [0.717, 1.165) is 5.57 Å². The molecule has 4 heteroatoms. The Morgan fingerprint density at radius 2 is 2.38 bits per heavy atom. The first-order valence-corrected chi connectivity index (χ1v) is 4.27. The van der Waals surface area contributed by atoms with Crippen molar-refractivity contribution in [2.24, 2.45) is 10.2 Å². The number of carbonyl (C=O) groups is 1. The Hall–Kier alpha value is -1.19. The molecular weight excluding hydrogens is 168 g/mol. The van der Waals surface area contributed by atoms with Crippen molar-refractivity contribution in [2.75, 3.05) is 6.61 Å². The van der Waals surface area contributed by atoms with Crippen LogP contribution in [0.15, 0.2) is 22.0 Å². The van der Waals surface area contributed by atoms with E-state index < -0.39 is 0 Å². The van der Waals surface area contributed by atoms with Gasteiger partial charge in [0.15, 0.2) is 0 Å². The summed E-state index contributed by atoms with van der Waals surface area (Å²) in [5.74, 6) is -0.250. The number of hydrogen-bond donors (Lipinski definition) is 0. The third-order valence-corrected chi connectivity index (χ3v) is 2.27. The van der Waals surface area contributed by atoms with Gasteiger partial charge >= 0.3 is 5.97 Å². The third kappa shape index (κ3) is 2.37. The lowest BCUT2D eigenvalue weighted by molar-refractivity contribution is -0.141. The minimum absolute atomic E-state index is 0.250. The average Bonchev–Trinajstić information content (AvgIpc) is 2.32. The van der Waals surface area contributed by atoms with Gasteiger partial charge in [0.05, 0.1) is 12.8 Å². The second-order valence-electron chi connectivity index (χ2n) is 3.39. The topological polar surface area (TPSA) is 51.0 Å². The zero-order valence-electron chi connectivity index (χ0n) is 8.20. The summed E-state index contributed by atoms with van der Waals surface area (Å²) in [5.41, 5.74) is 0.842. The van der Waals surface area contributed by atoms with Crippen molar-refractivity contribution in [1.82, 2.24) is 0 Å². The second kappa shape index (κ2) is 3.68. The van der Waals surface area contributed by atoms with Gasteiger partial charge in [0, 0.05) is 13.3 Å². The Labute approximate surface area is 77.7 Å². The van der Waals surface area contributed by atoms with Crippen molar-refractivity contribution in [1.29, 1.82) is 0 Å². The molecule has 0 saturated carbocycles. The number of rotatable bonds is 3. The van der Waals surface area contributed by atoms with Crippen molar-refractivity contribution in [3.05, 3.63) is 11.8 Å². The summed E-state index contributed by atoms with van der Waals surface area (Å²) >= 11 is 0. The Morgan fingerprint density at radius 3 is 2.85 bits per heavy atom. The Kier molecular flexibility index (Phi) is 2.80. The molecule has 0 bridgehead atoms. The van der Waals surface area contributed by atoms with Gasteiger partial charge in [0.1, 0.15) is 5.54 Å². The molecule has 1 unspecified atom stereocenters. The molecule has 0 aromatic carbocycles. The second-order valence-corrected chi connectivity index (χ2v) is 3.39. The van der Waals surface area contributed by atoms with Crippen LogP contribution in [0.1, 0.15) is 27.2 Å². The zero-order valence-corrected chi connectivity index (χ0v) is 8.20. The van der Waals surface area contributed by atoms with E-state index in [1.54, 1.807) is 6.20 Å². The van der Waals surface area contributed by atoms with Crippen molar-refractivity contribution >= 4 is 5.97 Å². The van der Waals surface area contributed by atoms with Crippen molar-refractivity contribution in [3.63, 3.8) is 0 Å². The van der Waals surface area contributed by atoms with Crippen LogP contribution in [0.5, 0.6) is 0 Å². The smallest absolute Gasteiger partial charge is 0.302 e. The van der Waals surface area contributed by atoms with Crippen molar-refractivity contribution in [3.8, 4) is 0 Å². The van der Waals surface area contributed by atoms with Gasteiger partial charge in [-0.25, -0.2) is 0 Å². The summed E-state index contributed by atoms with van der Waals surface area (Å²) in [6.45, 7) is 5.77. The summed E-state index contributed by atoms with van der Waals surface area (Å²) in [4.78, 5) is 10.5. The van der Waals surface area contributed by atoms with Crippen LogP contribution in [0.25, 0.3) is 0 Å². The molecule has 0 N–H and O–H groups in total. The van der Waals surface area contributed by atoms with Gasteiger partial charge in [-0.1, -0.05) is 0 Å². The van der Waals surface area contributed by atoms with E-state index >= 15 is 0 Å². The lowest BCUT2D eigenvalue weighted by atomic mass is 9.92. The Balaban J connectivity index is 2.40. The largest absolute Gasteiger partial charge is 0.466 e. The molecule has 1 aliphatic heterocycles. The van der Waals surface area contributed by atoms with E-state index in [-0.39, 0.29) is 11.5 Å². The molecule has 4 nitrogen and oxygen atoms in total. The normalized spacial score (nSPS) is 25.9. The summed E-state index contributed by atoms with van der Waals surface area (Å²) in [5, 5.41) is 7.92. The fraction of sp³-hybridized carbons (Fsp3) is 0.667. The zero-order chi connectivity index (χ0) is 9.90. The first-order valence-electron chi connectivity index (χ1n) is 4.27. The van der Waals surface area contributed by atoms with Crippen LogP contribution in [0, 0.1) is 0 Å². The number of azo groups is 1. The minimum Gasteiger partial charge on any atom is -0.466 e. The van der Waals surface area contributed by atoms with Gasteiger partial charge in [0.25, 0.3) is 0 Å². The van der Waals surface area contributed by atoms with E-state index in [2.05, 4.69) is 10.2 Å². The average molecular weight is 182 g/mol. The third-order valence-electron chi connectivity index (χ3n) is 2.27. The molecule has 0 amide bonds. The molecule has 72 valence electrons. The van der Waals surface area contributed by atoms with Gasteiger partial charge in [0.2, 0.25) is 0 Å². The van der Waals surface area contributed by atoms with Crippen LogP contribution in [-0.2, 0) is 9.53 Å². The van der Waals surface area contributed by atoms with Gasteiger partial charge in [-0.3, -0.25) is 4.79 Å². The highest BCUT2D eigenvalue weighted by Gasteiger charge is 2.29.